The Balaban J connectivity index is 2.85. The monoisotopic (exact) mass is 179 g/mol. The van der Waals surface area contributed by atoms with Crippen molar-refractivity contribution in [1.82, 2.24) is 0 Å². The Morgan fingerprint density at radius 1 is 1.54 bits per heavy atom. The molecular formula is C9H9NO3. The van der Waals surface area contributed by atoms with Crippen molar-refractivity contribution < 1.29 is 15.1 Å². The van der Waals surface area contributed by atoms with Crippen molar-refractivity contribution in [3.05, 3.63) is 35.4 Å². The summed E-state index contributed by atoms with van der Waals surface area (Å²) in [6.07, 6.45) is 1.73. The van der Waals surface area contributed by atoms with Gasteiger partial charge >= 0.3 is 5.97 Å². The van der Waals surface area contributed by atoms with Crippen molar-refractivity contribution in [2.45, 2.75) is 6.42 Å². The molecule has 0 aliphatic heterocycles. The van der Waals surface area contributed by atoms with Crippen LogP contribution in [-0.2, 0) is 6.42 Å². The molecule has 0 fully saturated rings. The van der Waals surface area contributed by atoms with Crippen LogP contribution in [0.5, 0.6) is 0 Å². The van der Waals surface area contributed by atoms with E-state index in [0.29, 0.717) is 6.42 Å². The first-order valence-electron chi connectivity index (χ1n) is 3.72. The Morgan fingerprint density at radius 3 is 2.92 bits per heavy atom. The average Bonchev–Trinajstić information content (AvgIpc) is 2.15. The lowest BCUT2D eigenvalue weighted by atomic mass is 10.1. The first kappa shape index (κ1) is 9.25. The molecule has 1 rings (SSSR count). The molecule has 68 valence electrons. The fourth-order valence-electron chi connectivity index (χ4n) is 0.978. The van der Waals surface area contributed by atoms with Crippen molar-refractivity contribution in [2.75, 3.05) is 0 Å². The molecule has 13 heavy (non-hydrogen) atoms. The van der Waals surface area contributed by atoms with Crippen LogP contribution in [0.1, 0.15) is 15.9 Å². The Labute approximate surface area is 75.1 Å². The second-order valence-electron chi connectivity index (χ2n) is 2.51. The van der Waals surface area contributed by atoms with Gasteiger partial charge in [-0.05, 0) is 17.7 Å². The fraction of sp³-hybridized carbons (Fsp3) is 0.111. The molecule has 0 aliphatic rings. The molecule has 0 amide bonds. The van der Waals surface area contributed by atoms with Crippen LogP contribution in [-0.4, -0.2) is 22.5 Å². The third-order valence-corrected chi connectivity index (χ3v) is 1.58. The lowest BCUT2D eigenvalue weighted by molar-refractivity contribution is 0.0697. The van der Waals surface area contributed by atoms with Crippen LogP contribution in [0, 0.1) is 0 Å². The highest BCUT2D eigenvalue weighted by Crippen LogP contribution is 2.04. The van der Waals surface area contributed by atoms with Crippen LogP contribution < -0.4 is 0 Å². The van der Waals surface area contributed by atoms with Gasteiger partial charge in [-0.3, -0.25) is 0 Å². The lowest BCUT2D eigenvalue weighted by Gasteiger charge is -1.97. The van der Waals surface area contributed by atoms with Gasteiger partial charge in [0.15, 0.2) is 0 Å². The highest BCUT2D eigenvalue weighted by molar-refractivity contribution is 5.87. The molecule has 4 nitrogen and oxygen atoms in total. The van der Waals surface area contributed by atoms with Crippen LogP contribution in [0.3, 0.4) is 0 Å². The summed E-state index contributed by atoms with van der Waals surface area (Å²) in [4.78, 5) is 10.5. The minimum absolute atomic E-state index is 0.240. The van der Waals surface area contributed by atoms with E-state index in [2.05, 4.69) is 5.16 Å². The van der Waals surface area contributed by atoms with Crippen LogP contribution in [0.2, 0.25) is 0 Å². The topological polar surface area (TPSA) is 69.9 Å². The van der Waals surface area contributed by atoms with Gasteiger partial charge in [-0.15, -0.1) is 5.16 Å². The Bertz CT molecular complexity index is 333. The van der Waals surface area contributed by atoms with Gasteiger partial charge < -0.3 is 10.3 Å². The van der Waals surface area contributed by atoms with Crippen molar-refractivity contribution in [3.8, 4) is 0 Å². The molecule has 1 aromatic carbocycles. The molecule has 0 unspecified atom stereocenters. The first-order valence-corrected chi connectivity index (χ1v) is 3.72. The first-order chi connectivity index (χ1) is 6.24. The number of oxime groups is 1. The molecule has 0 aliphatic carbocycles. The summed E-state index contributed by atoms with van der Waals surface area (Å²) in [5.41, 5.74) is 1.04. The van der Waals surface area contributed by atoms with Crippen molar-refractivity contribution in [3.63, 3.8) is 0 Å². The van der Waals surface area contributed by atoms with E-state index in [1.807, 2.05) is 0 Å². The molecule has 0 saturated heterocycles. The minimum Gasteiger partial charge on any atom is -0.478 e. The van der Waals surface area contributed by atoms with Crippen LogP contribution in [0.4, 0.5) is 0 Å². The van der Waals surface area contributed by atoms with Crippen molar-refractivity contribution in [1.29, 1.82) is 0 Å². The highest BCUT2D eigenvalue weighted by atomic mass is 16.4. The van der Waals surface area contributed by atoms with Crippen LogP contribution >= 0.6 is 0 Å². The molecular weight excluding hydrogens is 170 g/mol. The summed E-state index contributed by atoms with van der Waals surface area (Å²) in [6, 6.07) is 6.49. The summed E-state index contributed by atoms with van der Waals surface area (Å²) in [5, 5.41) is 19.6. The van der Waals surface area contributed by atoms with Crippen LogP contribution in [0.25, 0.3) is 0 Å². The van der Waals surface area contributed by atoms with E-state index < -0.39 is 5.97 Å². The van der Waals surface area contributed by atoms with E-state index >= 15 is 0 Å². The summed E-state index contributed by atoms with van der Waals surface area (Å²) >= 11 is 0. The molecule has 0 heterocycles. The van der Waals surface area contributed by atoms with Gasteiger partial charge in [-0.1, -0.05) is 12.1 Å². The van der Waals surface area contributed by atoms with Gasteiger partial charge in [0.25, 0.3) is 0 Å². The number of carbonyl (C=O) groups is 1. The standard InChI is InChI=1S/C9H9NO3/c11-9(12)8-3-1-2-7(6-8)4-5-10-13/h1-3,5-6,13H,4H2,(H,11,12). The summed E-state index contributed by atoms with van der Waals surface area (Å²) < 4.78 is 0. The molecule has 1 aromatic rings. The van der Waals surface area contributed by atoms with E-state index in [-0.39, 0.29) is 5.56 Å². The van der Waals surface area contributed by atoms with Gasteiger partial charge in [0.05, 0.1) is 5.56 Å². The van der Waals surface area contributed by atoms with Crippen molar-refractivity contribution >= 4 is 12.2 Å². The van der Waals surface area contributed by atoms with E-state index in [0.717, 1.165) is 5.56 Å². The maximum Gasteiger partial charge on any atom is 0.335 e. The number of carboxylic acid groups (broad SMARTS) is 1. The van der Waals surface area contributed by atoms with E-state index in [4.69, 9.17) is 10.3 Å². The maximum absolute atomic E-state index is 10.5. The number of carboxylic acids is 1. The second-order valence-corrected chi connectivity index (χ2v) is 2.51. The highest BCUT2D eigenvalue weighted by Gasteiger charge is 2.01. The number of hydrogen-bond donors (Lipinski definition) is 2. The Kier molecular flexibility index (Phi) is 3.03. The summed E-state index contributed by atoms with van der Waals surface area (Å²) in [6.45, 7) is 0. The summed E-state index contributed by atoms with van der Waals surface area (Å²) in [7, 11) is 0. The molecule has 0 bridgehead atoms. The van der Waals surface area contributed by atoms with E-state index in [9.17, 15) is 4.79 Å². The molecule has 4 heteroatoms. The van der Waals surface area contributed by atoms with Crippen LogP contribution in [0.15, 0.2) is 29.4 Å². The number of benzene rings is 1. The molecule has 2 N–H and O–H groups in total. The summed E-state index contributed by atoms with van der Waals surface area (Å²) in [5.74, 6) is -0.956. The molecule has 0 radical (unpaired) electrons. The lowest BCUT2D eigenvalue weighted by Crippen LogP contribution is -1.97. The maximum atomic E-state index is 10.5. The molecule has 0 saturated carbocycles. The minimum atomic E-state index is -0.956. The predicted molar refractivity (Wildman–Crippen MR) is 47.4 cm³/mol. The number of aromatic carboxylic acids is 1. The zero-order chi connectivity index (χ0) is 9.68. The van der Waals surface area contributed by atoms with Gasteiger partial charge in [0.1, 0.15) is 0 Å². The molecule has 0 aromatic heterocycles. The fourth-order valence-corrected chi connectivity index (χ4v) is 0.978. The van der Waals surface area contributed by atoms with Crippen molar-refractivity contribution in [2.24, 2.45) is 5.16 Å². The number of nitrogens with zero attached hydrogens (tertiary/aromatic N) is 1. The third kappa shape index (κ3) is 2.59. The van der Waals surface area contributed by atoms with Gasteiger partial charge in [0, 0.05) is 12.6 Å². The zero-order valence-electron chi connectivity index (χ0n) is 6.84. The quantitative estimate of drug-likeness (QED) is 0.418. The van der Waals surface area contributed by atoms with E-state index in [1.165, 1.54) is 12.3 Å². The average molecular weight is 179 g/mol. The normalized spacial score (nSPS) is 10.5. The smallest absolute Gasteiger partial charge is 0.335 e. The van der Waals surface area contributed by atoms with E-state index in [1.54, 1.807) is 18.2 Å². The molecule has 0 spiro atoms. The van der Waals surface area contributed by atoms with Gasteiger partial charge in [-0.25, -0.2) is 4.79 Å². The third-order valence-electron chi connectivity index (χ3n) is 1.58. The zero-order valence-corrected chi connectivity index (χ0v) is 6.84. The second kappa shape index (κ2) is 4.25. The Morgan fingerprint density at radius 2 is 2.31 bits per heavy atom. The predicted octanol–water partition coefficient (Wildman–Crippen LogP) is 1.39. The largest absolute Gasteiger partial charge is 0.478 e. The number of rotatable bonds is 3. The molecule has 0 atom stereocenters. The number of hydrogen-bond acceptors (Lipinski definition) is 3. The SMILES string of the molecule is O=C(O)c1cccc(CC=NO)c1. The Hall–Kier alpha value is -1.84. The van der Waals surface area contributed by atoms with Gasteiger partial charge in [-0.2, -0.15) is 0 Å². The van der Waals surface area contributed by atoms with Gasteiger partial charge in [0.2, 0.25) is 0 Å².